The van der Waals surface area contributed by atoms with Crippen LogP contribution in [0.1, 0.15) is 42.4 Å². The lowest BCUT2D eigenvalue weighted by Gasteiger charge is -2.04. The molecular formula is C15H20. The Morgan fingerprint density at radius 3 is 2.53 bits per heavy atom. The molecule has 0 bridgehead atoms. The molecule has 0 aliphatic carbocycles. The summed E-state index contributed by atoms with van der Waals surface area (Å²) in [5, 5.41) is 0. The maximum atomic E-state index is 5.21. The van der Waals surface area contributed by atoms with Crippen molar-refractivity contribution < 1.29 is 0 Å². The Morgan fingerprint density at radius 2 is 1.87 bits per heavy atom. The highest BCUT2D eigenvalue weighted by atomic mass is 14.0. The average molecular weight is 200 g/mol. The molecule has 0 aliphatic rings. The van der Waals surface area contributed by atoms with Crippen molar-refractivity contribution in [3.05, 3.63) is 34.9 Å². The van der Waals surface area contributed by atoms with Gasteiger partial charge in [0.2, 0.25) is 0 Å². The lowest BCUT2D eigenvalue weighted by atomic mass is 10.0. The summed E-state index contributed by atoms with van der Waals surface area (Å²) in [5.41, 5.74) is 4.24. The van der Waals surface area contributed by atoms with E-state index in [0.29, 0.717) is 0 Å². The molecule has 1 rings (SSSR count). The van der Waals surface area contributed by atoms with Gasteiger partial charge in [-0.15, -0.1) is 12.3 Å². The SMILES string of the molecule is C#CCCCCCc1ccc(C)c(C)c1. The van der Waals surface area contributed by atoms with E-state index in [1.807, 2.05) is 0 Å². The van der Waals surface area contributed by atoms with E-state index < -0.39 is 0 Å². The molecule has 0 atom stereocenters. The second kappa shape index (κ2) is 6.30. The van der Waals surface area contributed by atoms with Crippen molar-refractivity contribution in [2.45, 2.75) is 46.0 Å². The van der Waals surface area contributed by atoms with Crippen LogP contribution in [0.15, 0.2) is 18.2 Å². The standard InChI is InChI=1S/C15H20/c1-4-5-6-7-8-9-15-11-10-13(2)14(3)12-15/h1,10-12H,5-9H2,2-3H3. The Balaban J connectivity index is 2.32. The molecule has 80 valence electrons. The molecule has 0 radical (unpaired) electrons. The molecule has 1 aromatic rings. The summed E-state index contributed by atoms with van der Waals surface area (Å²) in [7, 11) is 0. The maximum absolute atomic E-state index is 5.21. The maximum Gasteiger partial charge on any atom is 0.00860 e. The predicted octanol–water partition coefficient (Wildman–Crippen LogP) is 4.04. The Bertz CT molecular complexity index is 342. The van der Waals surface area contributed by atoms with Gasteiger partial charge in [0.15, 0.2) is 0 Å². The Morgan fingerprint density at radius 1 is 1.07 bits per heavy atom. The zero-order valence-electron chi connectivity index (χ0n) is 9.84. The van der Waals surface area contributed by atoms with E-state index in [-0.39, 0.29) is 0 Å². The molecule has 0 aliphatic heterocycles. The molecular weight excluding hydrogens is 180 g/mol. The van der Waals surface area contributed by atoms with Crippen LogP contribution in [-0.4, -0.2) is 0 Å². The number of terminal acetylenes is 1. The number of benzene rings is 1. The molecule has 15 heavy (non-hydrogen) atoms. The molecule has 0 amide bonds. The van der Waals surface area contributed by atoms with Gasteiger partial charge in [-0.05, 0) is 49.8 Å². The van der Waals surface area contributed by atoms with Crippen molar-refractivity contribution in [1.29, 1.82) is 0 Å². The number of hydrogen-bond donors (Lipinski definition) is 0. The lowest BCUT2D eigenvalue weighted by Crippen LogP contribution is -1.89. The fourth-order valence-electron chi connectivity index (χ4n) is 1.69. The second-order valence-corrected chi connectivity index (χ2v) is 4.18. The largest absolute Gasteiger partial charge is 0.120 e. The molecule has 0 N–H and O–H groups in total. The van der Waals surface area contributed by atoms with E-state index in [2.05, 4.69) is 38.0 Å². The number of aryl methyl sites for hydroxylation is 3. The molecule has 0 heterocycles. The molecule has 0 unspecified atom stereocenters. The summed E-state index contributed by atoms with van der Waals surface area (Å²) in [4.78, 5) is 0. The van der Waals surface area contributed by atoms with Crippen molar-refractivity contribution in [2.75, 3.05) is 0 Å². The summed E-state index contributed by atoms with van der Waals surface area (Å²) < 4.78 is 0. The van der Waals surface area contributed by atoms with Gasteiger partial charge in [0.05, 0.1) is 0 Å². The second-order valence-electron chi connectivity index (χ2n) is 4.18. The van der Waals surface area contributed by atoms with Crippen molar-refractivity contribution >= 4 is 0 Å². The smallest absolute Gasteiger partial charge is 0.00860 e. The van der Waals surface area contributed by atoms with Gasteiger partial charge >= 0.3 is 0 Å². The van der Waals surface area contributed by atoms with Crippen molar-refractivity contribution in [1.82, 2.24) is 0 Å². The van der Waals surface area contributed by atoms with Crippen LogP contribution in [0, 0.1) is 26.2 Å². The van der Waals surface area contributed by atoms with Gasteiger partial charge in [-0.25, -0.2) is 0 Å². The molecule has 0 fully saturated rings. The van der Waals surface area contributed by atoms with Crippen molar-refractivity contribution in [3.8, 4) is 12.3 Å². The predicted molar refractivity (Wildman–Crippen MR) is 66.9 cm³/mol. The first-order chi connectivity index (χ1) is 7.24. The van der Waals surface area contributed by atoms with Gasteiger partial charge in [0.25, 0.3) is 0 Å². The van der Waals surface area contributed by atoms with E-state index in [9.17, 15) is 0 Å². The van der Waals surface area contributed by atoms with Crippen LogP contribution in [0.3, 0.4) is 0 Å². The van der Waals surface area contributed by atoms with Crippen LogP contribution in [-0.2, 0) is 6.42 Å². The zero-order chi connectivity index (χ0) is 11.1. The summed E-state index contributed by atoms with van der Waals surface area (Å²) in [6, 6.07) is 6.76. The van der Waals surface area contributed by atoms with Crippen LogP contribution < -0.4 is 0 Å². The van der Waals surface area contributed by atoms with E-state index in [0.717, 1.165) is 6.42 Å². The minimum atomic E-state index is 0.924. The third-order valence-corrected chi connectivity index (χ3v) is 2.86. The summed E-state index contributed by atoms with van der Waals surface area (Å²) in [5.74, 6) is 2.68. The molecule has 0 aromatic heterocycles. The summed E-state index contributed by atoms with van der Waals surface area (Å²) in [6.07, 6.45) is 11.0. The first-order valence-electron chi connectivity index (χ1n) is 5.73. The fourth-order valence-corrected chi connectivity index (χ4v) is 1.69. The van der Waals surface area contributed by atoms with E-state index in [4.69, 9.17) is 6.42 Å². The Labute approximate surface area is 93.7 Å². The van der Waals surface area contributed by atoms with Gasteiger partial charge in [-0.2, -0.15) is 0 Å². The van der Waals surface area contributed by atoms with E-state index >= 15 is 0 Å². The lowest BCUT2D eigenvalue weighted by molar-refractivity contribution is 0.692. The zero-order valence-corrected chi connectivity index (χ0v) is 9.84. The number of hydrogen-bond acceptors (Lipinski definition) is 0. The van der Waals surface area contributed by atoms with Gasteiger partial charge < -0.3 is 0 Å². The first-order valence-corrected chi connectivity index (χ1v) is 5.73. The number of unbranched alkanes of at least 4 members (excludes halogenated alkanes) is 3. The fraction of sp³-hybridized carbons (Fsp3) is 0.467. The normalized spacial score (nSPS) is 9.93. The highest BCUT2D eigenvalue weighted by Crippen LogP contribution is 2.12. The Hall–Kier alpha value is -1.22. The van der Waals surface area contributed by atoms with E-state index in [1.54, 1.807) is 0 Å². The van der Waals surface area contributed by atoms with E-state index in [1.165, 1.54) is 42.4 Å². The molecule has 0 spiro atoms. The minimum absolute atomic E-state index is 0.924. The van der Waals surface area contributed by atoms with Crippen LogP contribution in [0.25, 0.3) is 0 Å². The van der Waals surface area contributed by atoms with Crippen LogP contribution in [0.4, 0.5) is 0 Å². The minimum Gasteiger partial charge on any atom is -0.120 e. The van der Waals surface area contributed by atoms with Gasteiger partial charge in [-0.3, -0.25) is 0 Å². The highest BCUT2D eigenvalue weighted by Gasteiger charge is 1.96. The molecule has 1 aromatic carbocycles. The number of rotatable bonds is 5. The topological polar surface area (TPSA) is 0 Å². The molecule has 0 heteroatoms. The van der Waals surface area contributed by atoms with Gasteiger partial charge in [-0.1, -0.05) is 24.6 Å². The van der Waals surface area contributed by atoms with Crippen LogP contribution in [0.2, 0.25) is 0 Å². The average Bonchev–Trinajstić information content (AvgIpc) is 2.23. The van der Waals surface area contributed by atoms with Crippen LogP contribution >= 0.6 is 0 Å². The molecule has 0 saturated heterocycles. The molecule has 0 saturated carbocycles. The van der Waals surface area contributed by atoms with Gasteiger partial charge in [0, 0.05) is 6.42 Å². The Kier molecular flexibility index (Phi) is 4.98. The van der Waals surface area contributed by atoms with Crippen molar-refractivity contribution in [3.63, 3.8) is 0 Å². The summed E-state index contributed by atoms with van der Waals surface area (Å²) in [6.45, 7) is 4.34. The third-order valence-electron chi connectivity index (χ3n) is 2.86. The van der Waals surface area contributed by atoms with Crippen LogP contribution in [0.5, 0.6) is 0 Å². The monoisotopic (exact) mass is 200 g/mol. The quantitative estimate of drug-likeness (QED) is 0.497. The highest BCUT2D eigenvalue weighted by molar-refractivity contribution is 5.29. The first kappa shape index (κ1) is 11.9. The van der Waals surface area contributed by atoms with Crippen molar-refractivity contribution in [2.24, 2.45) is 0 Å². The third kappa shape index (κ3) is 4.21. The summed E-state index contributed by atoms with van der Waals surface area (Å²) >= 11 is 0. The molecule has 0 nitrogen and oxygen atoms in total. The van der Waals surface area contributed by atoms with Gasteiger partial charge in [0.1, 0.15) is 0 Å².